The van der Waals surface area contributed by atoms with Gasteiger partial charge in [-0.3, -0.25) is 19.8 Å². The lowest BCUT2D eigenvalue weighted by atomic mass is 10.1. The molecule has 1 aliphatic heterocycles. The standard InChI is InChI=1S/C18H17ClN6O4/c1-23-16-15(17(27)24(2)18(23)28)25(9-20-16)8-13(26)21-14-7-12(22-29-14)10-3-5-11(19)6-4-10/h3-7,9,18,28H,8H2,1-2H3,(H,21,26). The Balaban J connectivity index is 1.49. The number of nitrogens with zero attached hydrogens (tertiary/aromatic N) is 5. The van der Waals surface area contributed by atoms with Crippen molar-refractivity contribution in [3.05, 3.63) is 47.4 Å². The zero-order valence-corrected chi connectivity index (χ0v) is 16.3. The average molecular weight is 417 g/mol. The van der Waals surface area contributed by atoms with Crippen LogP contribution >= 0.6 is 11.6 Å². The van der Waals surface area contributed by atoms with Crippen molar-refractivity contribution in [2.75, 3.05) is 24.3 Å². The van der Waals surface area contributed by atoms with Crippen LogP contribution in [0.15, 0.2) is 41.2 Å². The molecule has 150 valence electrons. The number of hydrogen-bond acceptors (Lipinski definition) is 7. The summed E-state index contributed by atoms with van der Waals surface area (Å²) in [6, 6.07) is 8.63. The highest BCUT2D eigenvalue weighted by Crippen LogP contribution is 2.27. The van der Waals surface area contributed by atoms with Gasteiger partial charge < -0.3 is 19.1 Å². The third-order valence-corrected chi connectivity index (χ3v) is 4.85. The Morgan fingerprint density at radius 1 is 1.28 bits per heavy atom. The Bertz CT molecular complexity index is 1080. The molecule has 0 aliphatic carbocycles. The van der Waals surface area contributed by atoms with Gasteiger partial charge in [-0.2, -0.15) is 0 Å². The Morgan fingerprint density at radius 3 is 2.72 bits per heavy atom. The van der Waals surface area contributed by atoms with E-state index in [1.165, 1.54) is 22.8 Å². The fraction of sp³-hybridized carbons (Fsp3) is 0.222. The second-order valence-corrected chi connectivity index (χ2v) is 6.99. The number of halogens is 1. The van der Waals surface area contributed by atoms with E-state index in [-0.39, 0.29) is 18.1 Å². The van der Waals surface area contributed by atoms with Crippen LogP contribution in [0.2, 0.25) is 5.02 Å². The number of fused-ring (bicyclic) bond motifs is 1. The fourth-order valence-corrected chi connectivity index (χ4v) is 3.16. The van der Waals surface area contributed by atoms with Crippen molar-refractivity contribution in [3.63, 3.8) is 0 Å². The third-order valence-electron chi connectivity index (χ3n) is 4.59. The molecule has 0 fully saturated rings. The largest absolute Gasteiger partial charge is 0.356 e. The topological polar surface area (TPSA) is 117 Å². The SMILES string of the molecule is CN1C(=O)c2c(ncn2CC(=O)Nc2cc(-c3ccc(Cl)cc3)no2)N(C)C1O. The quantitative estimate of drug-likeness (QED) is 0.663. The van der Waals surface area contributed by atoms with Gasteiger partial charge in [-0.1, -0.05) is 28.9 Å². The maximum atomic E-state index is 12.5. The molecule has 1 atom stereocenters. The summed E-state index contributed by atoms with van der Waals surface area (Å²) in [5.74, 6) is -0.378. The monoisotopic (exact) mass is 416 g/mol. The van der Waals surface area contributed by atoms with Crippen molar-refractivity contribution in [3.8, 4) is 11.3 Å². The van der Waals surface area contributed by atoms with Gasteiger partial charge in [0.1, 0.15) is 12.2 Å². The molecule has 0 saturated heterocycles. The van der Waals surface area contributed by atoms with Crippen LogP contribution in [-0.4, -0.2) is 57.0 Å². The number of carbonyl (C=O) groups excluding carboxylic acids is 2. The van der Waals surface area contributed by atoms with Gasteiger partial charge in [0.15, 0.2) is 11.5 Å². The summed E-state index contributed by atoms with van der Waals surface area (Å²) in [6.45, 7) is -0.164. The summed E-state index contributed by atoms with van der Waals surface area (Å²) in [5.41, 5.74) is 1.55. The number of aliphatic hydroxyl groups is 1. The molecular formula is C18H17ClN6O4. The number of carbonyl (C=O) groups is 2. The first-order valence-corrected chi connectivity index (χ1v) is 8.98. The van der Waals surface area contributed by atoms with Crippen LogP contribution in [0.25, 0.3) is 11.3 Å². The Kier molecular flexibility index (Phi) is 4.73. The molecule has 3 heterocycles. The van der Waals surface area contributed by atoms with E-state index < -0.39 is 18.2 Å². The molecule has 0 spiro atoms. The van der Waals surface area contributed by atoms with Gasteiger partial charge in [-0.15, -0.1) is 0 Å². The van der Waals surface area contributed by atoms with E-state index >= 15 is 0 Å². The highest BCUT2D eigenvalue weighted by atomic mass is 35.5. The minimum Gasteiger partial charge on any atom is -0.356 e. The fourth-order valence-electron chi connectivity index (χ4n) is 3.03. The van der Waals surface area contributed by atoms with Crippen molar-refractivity contribution in [2.24, 2.45) is 0 Å². The lowest BCUT2D eigenvalue weighted by Gasteiger charge is -2.36. The molecular weight excluding hydrogens is 400 g/mol. The van der Waals surface area contributed by atoms with E-state index in [4.69, 9.17) is 16.1 Å². The zero-order valence-electron chi connectivity index (χ0n) is 15.5. The molecule has 2 N–H and O–H groups in total. The van der Waals surface area contributed by atoms with Crippen LogP contribution in [0.1, 0.15) is 10.5 Å². The normalized spacial score (nSPS) is 16.1. The average Bonchev–Trinajstić information content (AvgIpc) is 3.32. The maximum Gasteiger partial charge on any atom is 0.277 e. The first-order valence-electron chi connectivity index (χ1n) is 8.61. The van der Waals surface area contributed by atoms with E-state index in [0.717, 1.165) is 10.5 Å². The van der Waals surface area contributed by atoms with E-state index in [1.54, 1.807) is 37.4 Å². The molecule has 11 heteroatoms. The minimum atomic E-state index is -1.12. The highest BCUT2D eigenvalue weighted by molar-refractivity contribution is 6.30. The van der Waals surface area contributed by atoms with E-state index in [0.29, 0.717) is 16.5 Å². The number of amides is 2. The van der Waals surface area contributed by atoms with Gasteiger partial charge in [0, 0.05) is 30.7 Å². The summed E-state index contributed by atoms with van der Waals surface area (Å²) in [7, 11) is 3.08. The number of aromatic nitrogens is 3. The number of nitrogens with one attached hydrogen (secondary N) is 1. The van der Waals surface area contributed by atoms with Crippen LogP contribution in [-0.2, 0) is 11.3 Å². The lowest BCUT2D eigenvalue weighted by molar-refractivity contribution is -0.116. The predicted molar refractivity (Wildman–Crippen MR) is 104 cm³/mol. The van der Waals surface area contributed by atoms with Crippen molar-refractivity contribution in [1.82, 2.24) is 19.6 Å². The minimum absolute atomic E-state index is 0.164. The summed E-state index contributed by atoms with van der Waals surface area (Å²) in [6.07, 6.45) is 0.261. The molecule has 1 aliphatic rings. The van der Waals surface area contributed by atoms with Gasteiger partial charge in [0.25, 0.3) is 5.91 Å². The lowest BCUT2D eigenvalue weighted by Crippen LogP contribution is -2.52. The third kappa shape index (κ3) is 3.43. The summed E-state index contributed by atoms with van der Waals surface area (Å²) in [5, 5.41) is 17.2. The second-order valence-electron chi connectivity index (χ2n) is 6.55. The molecule has 10 nitrogen and oxygen atoms in total. The smallest absolute Gasteiger partial charge is 0.277 e. The van der Waals surface area contributed by atoms with Crippen molar-refractivity contribution in [2.45, 2.75) is 12.9 Å². The molecule has 0 saturated carbocycles. The molecule has 0 radical (unpaired) electrons. The number of aliphatic hydroxyl groups excluding tert-OH is 1. The van der Waals surface area contributed by atoms with Gasteiger partial charge in [0.2, 0.25) is 18.1 Å². The highest BCUT2D eigenvalue weighted by Gasteiger charge is 2.36. The van der Waals surface area contributed by atoms with Gasteiger partial charge in [-0.05, 0) is 12.1 Å². The number of benzene rings is 1. The Labute approximate surface area is 170 Å². The van der Waals surface area contributed by atoms with Crippen molar-refractivity contribution >= 4 is 35.1 Å². The molecule has 29 heavy (non-hydrogen) atoms. The zero-order chi connectivity index (χ0) is 20.7. The molecule has 3 aromatic rings. The van der Waals surface area contributed by atoms with Crippen molar-refractivity contribution < 1.29 is 19.2 Å². The molecule has 4 rings (SSSR count). The maximum absolute atomic E-state index is 12.5. The van der Waals surface area contributed by atoms with Crippen LogP contribution in [0.5, 0.6) is 0 Å². The van der Waals surface area contributed by atoms with Gasteiger partial charge >= 0.3 is 0 Å². The molecule has 2 amide bonds. The van der Waals surface area contributed by atoms with Crippen LogP contribution < -0.4 is 10.2 Å². The van der Waals surface area contributed by atoms with Crippen LogP contribution in [0, 0.1) is 0 Å². The summed E-state index contributed by atoms with van der Waals surface area (Å²) < 4.78 is 6.58. The Hall–Kier alpha value is -3.37. The molecule has 1 aromatic carbocycles. The molecule has 2 aromatic heterocycles. The number of rotatable bonds is 4. The van der Waals surface area contributed by atoms with Crippen LogP contribution in [0.3, 0.4) is 0 Å². The first-order chi connectivity index (χ1) is 13.8. The molecule has 1 unspecified atom stereocenters. The number of anilines is 2. The summed E-state index contributed by atoms with van der Waals surface area (Å²) >= 11 is 5.88. The van der Waals surface area contributed by atoms with E-state index in [2.05, 4.69) is 15.5 Å². The second kappa shape index (κ2) is 7.22. The van der Waals surface area contributed by atoms with E-state index in [9.17, 15) is 14.7 Å². The van der Waals surface area contributed by atoms with Gasteiger partial charge in [-0.25, -0.2) is 4.98 Å². The van der Waals surface area contributed by atoms with Crippen molar-refractivity contribution in [1.29, 1.82) is 0 Å². The first kappa shape index (κ1) is 19.0. The number of hydrogen-bond donors (Lipinski definition) is 2. The Morgan fingerprint density at radius 2 is 2.00 bits per heavy atom. The van der Waals surface area contributed by atoms with E-state index in [1.807, 2.05) is 0 Å². The number of imidazole rings is 1. The molecule has 0 bridgehead atoms. The van der Waals surface area contributed by atoms with Crippen LogP contribution in [0.4, 0.5) is 11.7 Å². The predicted octanol–water partition coefficient (Wildman–Crippen LogP) is 1.63. The summed E-state index contributed by atoms with van der Waals surface area (Å²) in [4.78, 5) is 31.7. The van der Waals surface area contributed by atoms with Gasteiger partial charge in [0.05, 0.1) is 6.33 Å².